The van der Waals surface area contributed by atoms with E-state index in [4.69, 9.17) is 11.6 Å². The molecular weight excluding hydrogens is 288 g/mol. The van der Waals surface area contributed by atoms with Gasteiger partial charge in [0.05, 0.1) is 23.6 Å². The molecule has 21 heavy (non-hydrogen) atoms. The lowest BCUT2D eigenvalue weighted by Gasteiger charge is -2.00. The highest BCUT2D eigenvalue weighted by atomic mass is 35.5. The van der Waals surface area contributed by atoms with E-state index in [9.17, 15) is 0 Å². The molecule has 0 radical (unpaired) electrons. The van der Waals surface area contributed by atoms with E-state index in [1.165, 1.54) is 0 Å². The molecule has 4 aromatic rings. The van der Waals surface area contributed by atoms with E-state index in [0.717, 1.165) is 28.2 Å². The number of halogens is 1. The molecule has 3 heterocycles. The van der Waals surface area contributed by atoms with Crippen molar-refractivity contribution < 1.29 is 0 Å². The molecule has 6 nitrogen and oxygen atoms in total. The second-order valence-corrected chi connectivity index (χ2v) is 5.18. The van der Waals surface area contributed by atoms with Crippen LogP contribution >= 0.6 is 11.6 Å². The second-order valence-electron chi connectivity index (χ2n) is 4.74. The Kier molecular flexibility index (Phi) is 2.58. The molecule has 0 aliphatic carbocycles. The lowest BCUT2D eigenvalue weighted by Crippen LogP contribution is -1.93. The van der Waals surface area contributed by atoms with Gasteiger partial charge in [-0.25, -0.2) is 14.3 Å². The van der Waals surface area contributed by atoms with Crippen LogP contribution in [0.3, 0.4) is 0 Å². The Labute approximate surface area is 125 Å². The predicted octanol–water partition coefficient (Wildman–Crippen LogP) is 2.80. The second kappa shape index (κ2) is 4.46. The first-order valence-electron chi connectivity index (χ1n) is 6.39. The monoisotopic (exact) mass is 298 g/mol. The maximum absolute atomic E-state index is 5.89. The van der Waals surface area contributed by atoms with Gasteiger partial charge in [0.2, 0.25) is 0 Å². The average Bonchev–Trinajstić information content (AvgIpc) is 3.17. The number of aromatic amines is 1. The Balaban J connectivity index is 1.74. The zero-order chi connectivity index (χ0) is 14.4. The number of hydrogen-bond donors (Lipinski definition) is 1. The Morgan fingerprint density at radius 1 is 1.10 bits per heavy atom. The molecule has 0 saturated carbocycles. The van der Waals surface area contributed by atoms with E-state index in [0.29, 0.717) is 5.02 Å². The molecule has 3 aromatic heterocycles. The number of fused-ring (bicyclic) bond motifs is 1. The third kappa shape index (κ3) is 2.00. The molecule has 0 amide bonds. The summed E-state index contributed by atoms with van der Waals surface area (Å²) in [5.74, 6) is 0.776. The van der Waals surface area contributed by atoms with Crippen LogP contribution in [0, 0.1) is 0 Å². The molecule has 0 saturated heterocycles. The van der Waals surface area contributed by atoms with E-state index >= 15 is 0 Å². The van der Waals surface area contributed by atoms with E-state index in [-0.39, 0.29) is 0 Å². The van der Waals surface area contributed by atoms with Gasteiger partial charge in [0.25, 0.3) is 0 Å². The number of hydrogen-bond acceptors (Lipinski definition) is 3. The molecule has 104 valence electrons. The quantitative estimate of drug-likeness (QED) is 0.619. The van der Waals surface area contributed by atoms with Gasteiger partial charge in [0.15, 0.2) is 5.65 Å². The molecule has 7 heteroatoms. The molecule has 4 rings (SSSR count). The van der Waals surface area contributed by atoms with Crippen LogP contribution in [-0.2, 0) is 7.05 Å². The molecule has 0 bridgehead atoms. The van der Waals surface area contributed by atoms with Crippen molar-refractivity contribution in [2.75, 3.05) is 0 Å². The van der Waals surface area contributed by atoms with Crippen LogP contribution in [-0.4, -0.2) is 29.5 Å². The molecule has 1 N–H and O–H groups in total. The minimum Gasteiger partial charge on any atom is -0.335 e. The van der Waals surface area contributed by atoms with Gasteiger partial charge in [-0.2, -0.15) is 10.2 Å². The normalized spacial score (nSPS) is 11.3. The van der Waals surface area contributed by atoms with Crippen molar-refractivity contribution in [3.63, 3.8) is 0 Å². The number of benzene rings is 1. The van der Waals surface area contributed by atoms with Crippen LogP contribution in [0.1, 0.15) is 0 Å². The Morgan fingerprint density at radius 2 is 1.90 bits per heavy atom. The highest BCUT2D eigenvalue weighted by Crippen LogP contribution is 2.21. The number of rotatable bonds is 2. The van der Waals surface area contributed by atoms with Crippen LogP contribution < -0.4 is 0 Å². The van der Waals surface area contributed by atoms with Crippen LogP contribution in [0.15, 0.2) is 42.9 Å². The topological polar surface area (TPSA) is 64.3 Å². The van der Waals surface area contributed by atoms with E-state index in [2.05, 4.69) is 20.2 Å². The maximum Gasteiger partial charge on any atom is 0.176 e. The summed E-state index contributed by atoms with van der Waals surface area (Å²) in [7, 11) is 1.87. The summed E-state index contributed by atoms with van der Waals surface area (Å²) in [6.07, 6.45) is 5.46. The molecule has 0 fully saturated rings. The molecule has 0 unspecified atom stereocenters. The Hall–Kier alpha value is -2.60. The standard InChI is InChI=1S/C14H11ClN6/c1-20-14-12(7-16-20)18-13(19-14)9-6-17-21(8-9)11-4-2-10(15)3-5-11/h2-8H,1H3,(H,18,19). The predicted molar refractivity (Wildman–Crippen MR) is 80.4 cm³/mol. The summed E-state index contributed by atoms with van der Waals surface area (Å²) in [5.41, 5.74) is 3.60. The lowest BCUT2D eigenvalue weighted by atomic mass is 10.3. The molecular formula is C14H11ClN6. The molecule has 0 aliphatic heterocycles. The van der Waals surface area contributed by atoms with Crippen LogP contribution in [0.5, 0.6) is 0 Å². The fraction of sp³-hybridized carbons (Fsp3) is 0.0714. The third-order valence-electron chi connectivity index (χ3n) is 3.33. The van der Waals surface area contributed by atoms with Crippen molar-refractivity contribution in [3.05, 3.63) is 47.9 Å². The zero-order valence-corrected chi connectivity index (χ0v) is 11.9. The molecule has 0 spiro atoms. The zero-order valence-electron chi connectivity index (χ0n) is 11.2. The van der Waals surface area contributed by atoms with Crippen molar-refractivity contribution in [1.29, 1.82) is 0 Å². The Morgan fingerprint density at radius 3 is 2.67 bits per heavy atom. The van der Waals surface area contributed by atoms with Crippen LogP contribution in [0.4, 0.5) is 0 Å². The highest BCUT2D eigenvalue weighted by molar-refractivity contribution is 6.30. The van der Waals surface area contributed by atoms with Gasteiger partial charge >= 0.3 is 0 Å². The van der Waals surface area contributed by atoms with Crippen molar-refractivity contribution in [2.45, 2.75) is 0 Å². The summed E-state index contributed by atoms with van der Waals surface area (Å²) in [6.45, 7) is 0. The van der Waals surface area contributed by atoms with Gasteiger partial charge in [-0.05, 0) is 24.3 Å². The fourth-order valence-corrected chi connectivity index (χ4v) is 2.36. The molecule has 1 aromatic carbocycles. The van der Waals surface area contributed by atoms with E-state index in [1.54, 1.807) is 21.8 Å². The highest BCUT2D eigenvalue weighted by Gasteiger charge is 2.10. The first kappa shape index (κ1) is 12.2. The Bertz CT molecular complexity index is 915. The van der Waals surface area contributed by atoms with E-state index in [1.807, 2.05) is 37.5 Å². The first-order valence-corrected chi connectivity index (χ1v) is 6.77. The smallest absolute Gasteiger partial charge is 0.176 e. The van der Waals surface area contributed by atoms with Crippen molar-refractivity contribution >= 4 is 22.8 Å². The first-order chi connectivity index (χ1) is 10.2. The summed E-state index contributed by atoms with van der Waals surface area (Å²) >= 11 is 5.89. The number of nitrogens with zero attached hydrogens (tertiary/aromatic N) is 5. The fourth-order valence-electron chi connectivity index (χ4n) is 2.23. The van der Waals surface area contributed by atoms with Crippen molar-refractivity contribution in [3.8, 4) is 17.1 Å². The number of aryl methyl sites for hydroxylation is 1. The van der Waals surface area contributed by atoms with Crippen LogP contribution in [0.25, 0.3) is 28.2 Å². The number of H-pyrrole nitrogens is 1. The summed E-state index contributed by atoms with van der Waals surface area (Å²) in [5, 5.41) is 9.21. The van der Waals surface area contributed by atoms with Gasteiger partial charge in [-0.3, -0.25) is 0 Å². The van der Waals surface area contributed by atoms with Gasteiger partial charge in [0.1, 0.15) is 11.3 Å². The average molecular weight is 299 g/mol. The van der Waals surface area contributed by atoms with Gasteiger partial charge in [0, 0.05) is 18.3 Å². The summed E-state index contributed by atoms with van der Waals surface area (Å²) < 4.78 is 3.52. The van der Waals surface area contributed by atoms with Crippen molar-refractivity contribution in [1.82, 2.24) is 29.5 Å². The third-order valence-corrected chi connectivity index (χ3v) is 3.58. The molecule has 0 atom stereocenters. The lowest BCUT2D eigenvalue weighted by molar-refractivity contribution is 0.787. The minimum atomic E-state index is 0.705. The molecule has 0 aliphatic rings. The number of nitrogens with one attached hydrogen (secondary N) is 1. The minimum absolute atomic E-state index is 0.705. The van der Waals surface area contributed by atoms with Gasteiger partial charge < -0.3 is 4.98 Å². The van der Waals surface area contributed by atoms with Gasteiger partial charge in [-0.1, -0.05) is 11.6 Å². The SMILES string of the molecule is Cn1ncc2[nH]c(-c3cnn(-c4ccc(Cl)cc4)c3)nc21. The number of imidazole rings is 1. The summed E-state index contributed by atoms with van der Waals surface area (Å²) in [6, 6.07) is 7.51. The maximum atomic E-state index is 5.89. The largest absolute Gasteiger partial charge is 0.335 e. The summed E-state index contributed by atoms with van der Waals surface area (Å²) in [4.78, 5) is 7.77. The van der Waals surface area contributed by atoms with Crippen molar-refractivity contribution in [2.24, 2.45) is 7.05 Å². The van der Waals surface area contributed by atoms with E-state index < -0.39 is 0 Å². The number of aromatic nitrogens is 6. The van der Waals surface area contributed by atoms with Crippen LogP contribution in [0.2, 0.25) is 5.02 Å². The van der Waals surface area contributed by atoms with Gasteiger partial charge in [-0.15, -0.1) is 0 Å².